The lowest BCUT2D eigenvalue weighted by atomic mass is 9.98. The molecule has 0 aliphatic carbocycles. The van der Waals surface area contributed by atoms with Gasteiger partial charge in [-0.3, -0.25) is 4.79 Å². The van der Waals surface area contributed by atoms with Gasteiger partial charge in [0.15, 0.2) is 0 Å². The Labute approximate surface area is 128 Å². The van der Waals surface area contributed by atoms with Crippen molar-refractivity contribution in [1.29, 1.82) is 0 Å². The molecule has 126 valence electrons. The molecule has 0 atom stereocenters. The van der Waals surface area contributed by atoms with Crippen LogP contribution in [0.2, 0.25) is 0 Å². The first-order chi connectivity index (χ1) is 10.5. The van der Waals surface area contributed by atoms with Crippen molar-refractivity contribution < 1.29 is 26.7 Å². The Bertz CT molecular complexity index is 616. The summed E-state index contributed by atoms with van der Waals surface area (Å²) in [7, 11) is 0. The topological polar surface area (TPSA) is 53.8 Å². The fourth-order valence-electron chi connectivity index (χ4n) is 2.11. The predicted octanol–water partition coefficient (Wildman–Crippen LogP) is 4.03. The lowest BCUT2D eigenvalue weighted by Gasteiger charge is -2.26. The maximum Gasteiger partial charge on any atom is 0.442 e. The number of hydrogen-bond acceptors (Lipinski definition) is 3. The minimum absolute atomic E-state index is 0.0639. The van der Waals surface area contributed by atoms with Gasteiger partial charge in [-0.1, -0.05) is 12.1 Å². The number of carbonyl (C=O) groups is 1. The Hall–Kier alpha value is -2.06. The molecule has 1 heterocycles. The molecule has 0 unspecified atom stereocenters. The maximum absolute atomic E-state index is 12.8. The van der Waals surface area contributed by atoms with Gasteiger partial charge in [-0.15, -0.1) is 10.2 Å². The van der Waals surface area contributed by atoms with Crippen LogP contribution in [0.5, 0.6) is 0 Å². The quantitative estimate of drug-likeness (QED) is 0.812. The molecule has 9 heteroatoms. The van der Waals surface area contributed by atoms with E-state index < -0.39 is 36.1 Å². The molecular weight excluding hydrogens is 321 g/mol. The van der Waals surface area contributed by atoms with E-state index in [1.165, 1.54) is 26.0 Å². The summed E-state index contributed by atoms with van der Waals surface area (Å²) < 4.78 is 63.4. The van der Waals surface area contributed by atoms with E-state index >= 15 is 0 Å². The van der Waals surface area contributed by atoms with Crippen LogP contribution in [-0.2, 0) is 5.66 Å². The Morgan fingerprint density at radius 3 is 2.09 bits per heavy atom. The fourth-order valence-corrected chi connectivity index (χ4v) is 2.11. The van der Waals surface area contributed by atoms with Crippen LogP contribution >= 0.6 is 0 Å². The minimum Gasteiger partial charge on any atom is -0.347 e. The Balaban J connectivity index is 2.10. The summed E-state index contributed by atoms with van der Waals surface area (Å²) >= 11 is 0. The standard InChI is InChI=1S/C14H14F5N3O/c1-12(2,7-10(15)16)20-11(23)8-3-5-9(6-4-8)13(21-22-13)14(17,18)19/h3-6,10H,7H2,1-2H3,(H,20,23). The Morgan fingerprint density at radius 1 is 1.17 bits per heavy atom. The highest BCUT2D eigenvalue weighted by molar-refractivity contribution is 5.94. The molecule has 0 bridgehead atoms. The molecule has 2 rings (SSSR count). The number of amides is 1. The van der Waals surface area contributed by atoms with Crippen molar-refractivity contribution >= 4 is 5.91 Å². The number of halogens is 5. The van der Waals surface area contributed by atoms with Crippen LogP contribution in [0.15, 0.2) is 34.5 Å². The van der Waals surface area contributed by atoms with Crippen LogP contribution < -0.4 is 5.32 Å². The highest BCUT2D eigenvalue weighted by Gasteiger charge is 2.65. The molecule has 0 fully saturated rings. The van der Waals surface area contributed by atoms with Crippen molar-refractivity contribution in [2.24, 2.45) is 10.2 Å². The first-order valence-corrected chi connectivity index (χ1v) is 6.69. The largest absolute Gasteiger partial charge is 0.442 e. The summed E-state index contributed by atoms with van der Waals surface area (Å²) in [4.78, 5) is 12.0. The third-order valence-corrected chi connectivity index (χ3v) is 3.36. The Morgan fingerprint density at radius 2 is 1.70 bits per heavy atom. The van der Waals surface area contributed by atoms with Crippen molar-refractivity contribution in [3.05, 3.63) is 35.4 Å². The van der Waals surface area contributed by atoms with Gasteiger partial charge in [0.25, 0.3) is 5.91 Å². The van der Waals surface area contributed by atoms with Gasteiger partial charge >= 0.3 is 11.8 Å². The minimum atomic E-state index is -4.64. The van der Waals surface area contributed by atoms with Crippen molar-refractivity contribution in [2.75, 3.05) is 0 Å². The third kappa shape index (κ3) is 3.65. The fraction of sp³-hybridized carbons (Fsp3) is 0.500. The number of hydrogen-bond donors (Lipinski definition) is 1. The van der Waals surface area contributed by atoms with Gasteiger partial charge in [-0.05, 0) is 26.0 Å². The van der Waals surface area contributed by atoms with Gasteiger partial charge in [0.2, 0.25) is 6.43 Å². The molecule has 0 aromatic heterocycles. The van der Waals surface area contributed by atoms with Crippen molar-refractivity contribution in [3.63, 3.8) is 0 Å². The lowest BCUT2D eigenvalue weighted by molar-refractivity contribution is -0.166. The molecule has 1 aromatic rings. The molecule has 0 saturated heterocycles. The number of benzene rings is 1. The summed E-state index contributed by atoms with van der Waals surface area (Å²) in [5.74, 6) is -0.645. The van der Waals surface area contributed by atoms with Gasteiger partial charge in [0.1, 0.15) is 0 Å². The van der Waals surface area contributed by atoms with E-state index in [-0.39, 0.29) is 11.1 Å². The smallest absolute Gasteiger partial charge is 0.347 e. The molecule has 1 aromatic carbocycles. The number of carbonyl (C=O) groups excluding carboxylic acids is 1. The molecule has 1 aliphatic rings. The van der Waals surface area contributed by atoms with E-state index in [0.717, 1.165) is 12.1 Å². The van der Waals surface area contributed by atoms with Gasteiger partial charge in [-0.2, -0.15) is 13.2 Å². The van der Waals surface area contributed by atoms with Crippen LogP contribution in [0.4, 0.5) is 22.0 Å². The Kier molecular flexibility index (Phi) is 4.16. The monoisotopic (exact) mass is 335 g/mol. The summed E-state index contributed by atoms with van der Waals surface area (Å²) in [5, 5.41) is 8.54. The molecule has 0 spiro atoms. The van der Waals surface area contributed by atoms with Crippen LogP contribution in [0.3, 0.4) is 0 Å². The average molecular weight is 335 g/mol. The zero-order valence-electron chi connectivity index (χ0n) is 12.3. The van der Waals surface area contributed by atoms with Crippen LogP contribution in [0.1, 0.15) is 36.2 Å². The van der Waals surface area contributed by atoms with Gasteiger partial charge in [-0.25, -0.2) is 8.78 Å². The highest BCUT2D eigenvalue weighted by Crippen LogP contribution is 2.52. The average Bonchev–Trinajstić information content (AvgIpc) is 3.17. The molecule has 23 heavy (non-hydrogen) atoms. The zero-order valence-corrected chi connectivity index (χ0v) is 12.3. The molecule has 1 amide bonds. The van der Waals surface area contributed by atoms with Crippen molar-refractivity contribution in [1.82, 2.24) is 5.32 Å². The predicted molar refractivity (Wildman–Crippen MR) is 71.2 cm³/mol. The van der Waals surface area contributed by atoms with E-state index in [1.807, 2.05) is 0 Å². The molecule has 4 nitrogen and oxygen atoms in total. The number of alkyl halides is 5. The molecule has 1 N–H and O–H groups in total. The molecule has 0 saturated carbocycles. The van der Waals surface area contributed by atoms with E-state index in [1.54, 1.807) is 0 Å². The van der Waals surface area contributed by atoms with Gasteiger partial charge < -0.3 is 5.32 Å². The van der Waals surface area contributed by atoms with Gasteiger partial charge in [0, 0.05) is 23.1 Å². The third-order valence-electron chi connectivity index (χ3n) is 3.36. The number of nitrogens with one attached hydrogen (secondary N) is 1. The van der Waals surface area contributed by atoms with Crippen LogP contribution in [-0.4, -0.2) is 24.0 Å². The molecular formula is C14H14F5N3O. The van der Waals surface area contributed by atoms with Crippen molar-refractivity contribution in [2.45, 2.75) is 44.1 Å². The lowest BCUT2D eigenvalue weighted by Crippen LogP contribution is -2.44. The first-order valence-electron chi connectivity index (χ1n) is 6.69. The summed E-state index contributed by atoms with van der Waals surface area (Å²) in [6.45, 7) is 2.87. The first kappa shape index (κ1) is 17.3. The van der Waals surface area contributed by atoms with Crippen molar-refractivity contribution in [3.8, 4) is 0 Å². The molecule has 1 aliphatic heterocycles. The van der Waals surface area contributed by atoms with Crippen LogP contribution in [0, 0.1) is 0 Å². The zero-order chi connectivity index (χ0) is 17.5. The second kappa shape index (κ2) is 5.54. The summed E-state index contributed by atoms with van der Waals surface area (Å²) in [6, 6.07) is 4.56. The second-order valence-electron chi connectivity index (χ2n) is 5.88. The molecule has 0 radical (unpaired) electrons. The van der Waals surface area contributed by atoms with E-state index in [9.17, 15) is 26.7 Å². The summed E-state index contributed by atoms with van der Waals surface area (Å²) in [5.41, 5.74) is -3.82. The second-order valence-corrected chi connectivity index (χ2v) is 5.88. The van der Waals surface area contributed by atoms with Gasteiger partial charge in [0.05, 0.1) is 0 Å². The van der Waals surface area contributed by atoms with E-state index in [0.29, 0.717) is 0 Å². The highest BCUT2D eigenvalue weighted by atomic mass is 19.4. The van der Waals surface area contributed by atoms with Crippen LogP contribution in [0.25, 0.3) is 0 Å². The summed E-state index contributed by atoms with van der Waals surface area (Å²) in [6.07, 6.45) is -7.76. The number of rotatable bonds is 5. The normalized spacial score (nSPS) is 16.5. The van der Waals surface area contributed by atoms with E-state index in [2.05, 4.69) is 15.5 Å². The SMILES string of the molecule is CC(C)(CC(F)F)NC(=O)c1ccc(C2(C(F)(F)F)N=N2)cc1. The maximum atomic E-state index is 12.8. The van der Waals surface area contributed by atoms with E-state index in [4.69, 9.17) is 0 Å². The number of nitrogens with zero attached hydrogens (tertiary/aromatic N) is 2.